The number of hydrogen-bond donors (Lipinski definition) is 1. The molecule has 9 heteroatoms. The number of hydrogen-bond acceptors (Lipinski definition) is 7. The topological polar surface area (TPSA) is 74.2 Å². The molecule has 138 valence electrons. The van der Waals surface area contributed by atoms with Gasteiger partial charge in [-0.15, -0.1) is 11.3 Å². The van der Waals surface area contributed by atoms with Crippen molar-refractivity contribution >= 4 is 50.6 Å². The van der Waals surface area contributed by atoms with Crippen molar-refractivity contribution in [1.82, 2.24) is 15.0 Å². The number of rotatable bonds is 4. The van der Waals surface area contributed by atoms with Gasteiger partial charge in [0.2, 0.25) is 5.95 Å². The largest absolute Gasteiger partial charge is 0.353 e. The van der Waals surface area contributed by atoms with E-state index >= 15 is 0 Å². The van der Waals surface area contributed by atoms with Gasteiger partial charge in [-0.05, 0) is 34.1 Å². The number of nitrogens with zero attached hydrogens (tertiary/aromatic N) is 5. The van der Waals surface area contributed by atoms with Crippen LogP contribution in [0.1, 0.15) is 9.67 Å². The van der Waals surface area contributed by atoms with Crippen molar-refractivity contribution < 1.29 is 4.79 Å². The Morgan fingerprint density at radius 1 is 1.07 bits per heavy atom. The van der Waals surface area contributed by atoms with Crippen LogP contribution in [0.5, 0.6) is 0 Å². The lowest BCUT2D eigenvalue weighted by atomic mass is 10.3. The first-order valence-electron chi connectivity index (χ1n) is 8.47. The van der Waals surface area contributed by atoms with Crippen molar-refractivity contribution in [1.29, 1.82) is 0 Å². The number of pyridine rings is 1. The molecule has 27 heavy (non-hydrogen) atoms. The van der Waals surface area contributed by atoms with Gasteiger partial charge in [0.25, 0.3) is 5.91 Å². The van der Waals surface area contributed by atoms with E-state index in [0.717, 1.165) is 36.5 Å². The molecule has 1 saturated heterocycles. The molecule has 1 amide bonds. The van der Waals surface area contributed by atoms with E-state index in [1.807, 2.05) is 29.8 Å². The third kappa shape index (κ3) is 4.25. The van der Waals surface area contributed by atoms with Gasteiger partial charge in [-0.25, -0.2) is 15.0 Å². The maximum absolute atomic E-state index is 12.2. The fourth-order valence-electron chi connectivity index (χ4n) is 2.85. The van der Waals surface area contributed by atoms with Crippen LogP contribution in [0.25, 0.3) is 0 Å². The SMILES string of the molecule is O=C(Nc1cnc(N2CCN(c3ccccn3)CC2)nc1)c1cc(Br)cs1. The number of carbonyl (C=O) groups is 1. The van der Waals surface area contributed by atoms with E-state index in [0.29, 0.717) is 16.5 Å². The summed E-state index contributed by atoms with van der Waals surface area (Å²) in [5, 5.41) is 4.70. The number of thiophene rings is 1. The van der Waals surface area contributed by atoms with Gasteiger partial charge in [0.05, 0.1) is 23.0 Å². The number of amides is 1. The van der Waals surface area contributed by atoms with Gasteiger partial charge in [-0.2, -0.15) is 0 Å². The summed E-state index contributed by atoms with van der Waals surface area (Å²) in [7, 11) is 0. The lowest BCUT2D eigenvalue weighted by molar-refractivity contribution is 0.103. The number of halogens is 1. The number of piperazine rings is 1. The molecule has 0 aromatic carbocycles. The fourth-order valence-corrected chi connectivity index (χ4v) is 4.17. The maximum atomic E-state index is 12.2. The number of anilines is 3. The summed E-state index contributed by atoms with van der Waals surface area (Å²) < 4.78 is 0.897. The maximum Gasteiger partial charge on any atom is 0.265 e. The second-order valence-corrected chi connectivity index (χ2v) is 7.84. The lowest BCUT2D eigenvalue weighted by Crippen LogP contribution is -2.47. The standard InChI is InChI=1S/C18H17BrN6OS/c19-13-9-15(27-12-13)17(26)23-14-10-21-18(22-11-14)25-7-5-24(6-8-25)16-3-1-2-4-20-16/h1-4,9-12H,5-8H2,(H,23,26). The van der Waals surface area contributed by atoms with Crippen LogP contribution in [0.4, 0.5) is 17.5 Å². The Morgan fingerprint density at radius 2 is 1.81 bits per heavy atom. The smallest absolute Gasteiger partial charge is 0.265 e. The van der Waals surface area contributed by atoms with E-state index < -0.39 is 0 Å². The average molecular weight is 445 g/mol. The van der Waals surface area contributed by atoms with Gasteiger partial charge in [-0.3, -0.25) is 4.79 Å². The quantitative estimate of drug-likeness (QED) is 0.665. The highest BCUT2D eigenvalue weighted by molar-refractivity contribution is 9.10. The highest BCUT2D eigenvalue weighted by Gasteiger charge is 2.20. The van der Waals surface area contributed by atoms with Gasteiger partial charge < -0.3 is 15.1 Å². The molecule has 0 atom stereocenters. The molecule has 0 aliphatic carbocycles. The first-order valence-corrected chi connectivity index (χ1v) is 10.1. The van der Waals surface area contributed by atoms with E-state index in [-0.39, 0.29) is 5.91 Å². The highest BCUT2D eigenvalue weighted by atomic mass is 79.9. The zero-order chi connectivity index (χ0) is 18.6. The summed E-state index contributed by atoms with van der Waals surface area (Å²) in [6.07, 6.45) is 5.11. The molecule has 7 nitrogen and oxygen atoms in total. The lowest BCUT2D eigenvalue weighted by Gasteiger charge is -2.35. The van der Waals surface area contributed by atoms with E-state index in [4.69, 9.17) is 0 Å². The van der Waals surface area contributed by atoms with Crippen molar-refractivity contribution in [3.63, 3.8) is 0 Å². The predicted octanol–water partition coefficient (Wildman–Crippen LogP) is 3.27. The van der Waals surface area contributed by atoms with Crippen LogP contribution in [0.3, 0.4) is 0 Å². The Hall–Kier alpha value is -2.52. The van der Waals surface area contributed by atoms with Gasteiger partial charge in [0.15, 0.2) is 0 Å². The van der Waals surface area contributed by atoms with E-state index in [9.17, 15) is 4.79 Å². The first kappa shape index (κ1) is 17.9. The van der Waals surface area contributed by atoms with Crippen molar-refractivity contribution in [3.8, 4) is 0 Å². The van der Waals surface area contributed by atoms with Crippen LogP contribution in [0.2, 0.25) is 0 Å². The average Bonchev–Trinajstić information content (AvgIpc) is 3.16. The predicted molar refractivity (Wildman–Crippen MR) is 111 cm³/mol. The third-order valence-corrected chi connectivity index (χ3v) is 5.91. The first-order chi connectivity index (χ1) is 13.2. The molecular formula is C18H17BrN6OS. The summed E-state index contributed by atoms with van der Waals surface area (Å²) in [6, 6.07) is 7.73. The van der Waals surface area contributed by atoms with Crippen molar-refractivity contribution in [2.24, 2.45) is 0 Å². The molecule has 0 spiro atoms. The molecule has 0 unspecified atom stereocenters. The van der Waals surface area contributed by atoms with Crippen molar-refractivity contribution in [2.45, 2.75) is 0 Å². The highest BCUT2D eigenvalue weighted by Crippen LogP contribution is 2.21. The Bertz CT molecular complexity index is 909. The second kappa shape index (κ2) is 8.01. The number of carbonyl (C=O) groups excluding carboxylic acids is 1. The number of aromatic nitrogens is 3. The van der Waals surface area contributed by atoms with Gasteiger partial charge in [0.1, 0.15) is 5.82 Å². The summed E-state index contributed by atoms with van der Waals surface area (Å²) >= 11 is 4.73. The zero-order valence-electron chi connectivity index (χ0n) is 14.4. The fraction of sp³-hybridized carbons (Fsp3) is 0.222. The van der Waals surface area contributed by atoms with Gasteiger partial charge in [0, 0.05) is 42.2 Å². The Balaban J connectivity index is 1.35. The Kier molecular flexibility index (Phi) is 5.30. The molecule has 4 heterocycles. The summed E-state index contributed by atoms with van der Waals surface area (Å²) in [5.74, 6) is 1.51. The van der Waals surface area contributed by atoms with Crippen LogP contribution in [-0.2, 0) is 0 Å². The minimum absolute atomic E-state index is 0.161. The minimum Gasteiger partial charge on any atom is -0.353 e. The normalized spacial score (nSPS) is 14.3. The van der Waals surface area contributed by atoms with Crippen LogP contribution >= 0.6 is 27.3 Å². The molecule has 0 saturated carbocycles. The number of nitrogens with one attached hydrogen (secondary N) is 1. The van der Waals surface area contributed by atoms with E-state index in [1.165, 1.54) is 11.3 Å². The van der Waals surface area contributed by atoms with Crippen molar-refractivity contribution in [3.05, 3.63) is 57.6 Å². The van der Waals surface area contributed by atoms with Crippen LogP contribution in [-0.4, -0.2) is 47.0 Å². The molecule has 1 fully saturated rings. The van der Waals surface area contributed by atoms with Crippen molar-refractivity contribution in [2.75, 3.05) is 41.3 Å². The molecule has 1 aliphatic rings. The molecule has 3 aromatic heterocycles. The summed E-state index contributed by atoms with van der Waals surface area (Å²) in [4.78, 5) is 30.4. The van der Waals surface area contributed by atoms with Gasteiger partial charge in [-0.1, -0.05) is 6.07 Å². The Morgan fingerprint density at radius 3 is 2.44 bits per heavy atom. The summed E-state index contributed by atoms with van der Waals surface area (Å²) in [6.45, 7) is 3.38. The molecule has 1 aliphatic heterocycles. The molecule has 0 bridgehead atoms. The molecule has 1 N–H and O–H groups in total. The molecule has 0 radical (unpaired) electrons. The summed E-state index contributed by atoms with van der Waals surface area (Å²) in [5.41, 5.74) is 0.584. The van der Waals surface area contributed by atoms with Crippen LogP contribution < -0.4 is 15.1 Å². The van der Waals surface area contributed by atoms with Gasteiger partial charge >= 0.3 is 0 Å². The second-order valence-electron chi connectivity index (χ2n) is 6.02. The molecule has 4 rings (SSSR count). The molecule has 3 aromatic rings. The van der Waals surface area contributed by atoms with E-state index in [2.05, 4.69) is 46.0 Å². The minimum atomic E-state index is -0.161. The monoisotopic (exact) mass is 444 g/mol. The zero-order valence-corrected chi connectivity index (χ0v) is 16.8. The van der Waals surface area contributed by atoms with Crippen LogP contribution in [0.15, 0.2) is 52.7 Å². The Labute approximate surface area is 169 Å². The van der Waals surface area contributed by atoms with E-state index in [1.54, 1.807) is 18.5 Å². The molecular weight excluding hydrogens is 428 g/mol. The third-order valence-electron chi connectivity index (χ3n) is 4.22. The van der Waals surface area contributed by atoms with Crippen LogP contribution in [0, 0.1) is 0 Å².